The number of carbonyl (C=O) groups excluding carboxylic acids is 1. The Hall–Kier alpha value is -1.93. The highest BCUT2D eigenvalue weighted by Crippen LogP contribution is 2.28. The number of hydrogen-bond donors (Lipinski definition) is 1. The highest BCUT2D eigenvalue weighted by atomic mass is 35.5. The van der Waals surface area contributed by atoms with Crippen molar-refractivity contribution in [3.8, 4) is 0 Å². The molecule has 4 rings (SSSR count). The fraction of sp³-hybridized carbons (Fsp3) is 0.458. The number of nitrogens with zero attached hydrogens (tertiary/aromatic N) is 2. The average molecular weight is 476 g/mol. The van der Waals surface area contributed by atoms with E-state index in [0.717, 1.165) is 44.5 Å². The molecule has 2 aromatic rings. The molecule has 2 aliphatic heterocycles. The number of carbonyl (C=O) groups is 1. The molecule has 2 aliphatic rings. The van der Waals surface area contributed by atoms with Crippen LogP contribution in [0, 0.1) is 0 Å². The molecular weight excluding hydrogens is 446 g/mol. The lowest BCUT2D eigenvalue weighted by Crippen LogP contribution is -2.36. The zero-order valence-corrected chi connectivity index (χ0v) is 19.8. The van der Waals surface area contributed by atoms with E-state index in [9.17, 15) is 13.2 Å². The fourth-order valence-electron chi connectivity index (χ4n) is 4.33. The van der Waals surface area contributed by atoms with Crippen LogP contribution >= 0.6 is 11.6 Å². The van der Waals surface area contributed by atoms with Gasteiger partial charge in [-0.05, 0) is 68.1 Å². The first-order chi connectivity index (χ1) is 15.4. The quantitative estimate of drug-likeness (QED) is 0.656. The Kier molecular flexibility index (Phi) is 7.51. The first-order valence-corrected chi connectivity index (χ1v) is 13.1. The van der Waals surface area contributed by atoms with Gasteiger partial charge in [-0.1, -0.05) is 42.3 Å². The molecule has 2 fully saturated rings. The van der Waals surface area contributed by atoms with Crippen LogP contribution in [0.15, 0.2) is 47.4 Å². The number of halogens is 1. The van der Waals surface area contributed by atoms with Crippen LogP contribution < -0.4 is 5.32 Å². The Balaban J connectivity index is 1.39. The molecule has 0 radical (unpaired) electrons. The average Bonchev–Trinajstić information content (AvgIpc) is 3.32. The highest BCUT2D eigenvalue weighted by Gasteiger charge is 2.28. The minimum atomic E-state index is -3.71. The maximum Gasteiger partial charge on any atom is 0.251 e. The molecular formula is C24H30ClN3O3S. The molecule has 0 aromatic heterocycles. The molecule has 0 spiro atoms. The molecule has 0 saturated carbocycles. The third kappa shape index (κ3) is 5.52. The number of piperidine rings is 1. The summed E-state index contributed by atoms with van der Waals surface area (Å²) in [6.45, 7) is 4.64. The van der Waals surface area contributed by atoms with E-state index in [1.807, 2.05) is 12.1 Å². The lowest BCUT2D eigenvalue weighted by molar-refractivity contribution is 0.0950. The molecule has 0 atom stereocenters. The van der Waals surface area contributed by atoms with E-state index < -0.39 is 10.0 Å². The zero-order chi connectivity index (χ0) is 22.6. The van der Waals surface area contributed by atoms with Gasteiger partial charge in [0.15, 0.2) is 0 Å². The number of sulfonamides is 1. The van der Waals surface area contributed by atoms with Crippen LogP contribution in [0.5, 0.6) is 0 Å². The molecule has 6 nitrogen and oxygen atoms in total. The summed E-state index contributed by atoms with van der Waals surface area (Å²) in [7, 11) is -3.71. The summed E-state index contributed by atoms with van der Waals surface area (Å²) in [6.07, 6.45) is 5.26. The van der Waals surface area contributed by atoms with Crippen LogP contribution in [0.3, 0.4) is 0 Å². The normalized spacial score (nSPS) is 18.0. The van der Waals surface area contributed by atoms with Crippen molar-refractivity contribution < 1.29 is 13.2 Å². The van der Waals surface area contributed by atoms with Crippen molar-refractivity contribution in [3.05, 3.63) is 64.2 Å². The molecule has 1 N–H and O–H groups in total. The second kappa shape index (κ2) is 10.3. The van der Waals surface area contributed by atoms with Crippen molar-refractivity contribution in [2.75, 3.05) is 26.2 Å². The van der Waals surface area contributed by atoms with E-state index in [1.54, 1.807) is 6.07 Å². The molecule has 0 bridgehead atoms. The minimum Gasteiger partial charge on any atom is -0.348 e. The van der Waals surface area contributed by atoms with E-state index in [2.05, 4.69) is 22.3 Å². The van der Waals surface area contributed by atoms with Crippen LogP contribution in [0.4, 0.5) is 0 Å². The molecule has 0 aliphatic carbocycles. The maximum atomic E-state index is 13.0. The molecule has 2 heterocycles. The summed E-state index contributed by atoms with van der Waals surface area (Å²) in [5.41, 5.74) is 2.56. The lowest BCUT2D eigenvalue weighted by Gasteiger charge is -2.26. The topological polar surface area (TPSA) is 69.7 Å². The van der Waals surface area contributed by atoms with Crippen LogP contribution in [0.1, 0.15) is 53.6 Å². The molecule has 32 heavy (non-hydrogen) atoms. The largest absolute Gasteiger partial charge is 0.348 e. The first-order valence-electron chi connectivity index (χ1n) is 11.3. The number of hydrogen-bond acceptors (Lipinski definition) is 4. The van der Waals surface area contributed by atoms with E-state index in [0.29, 0.717) is 19.6 Å². The second-order valence-electron chi connectivity index (χ2n) is 8.59. The van der Waals surface area contributed by atoms with E-state index >= 15 is 0 Å². The summed E-state index contributed by atoms with van der Waals surface area (Å²) in [5, 5.41) is 3.02. The van der Waals surface area contributed by atoms with Gasteiger partial charge in [-0.3, -0.25) is 9.69 Å². The van der Waals surface area contributed by atoms with Crippen molar-refractivity contribution in [1.82, 2.24) is 14.5 Å². The standard InChI is InChI=1S/C24H30ClN3O3S/c25-22-11-10-21(16-23(22)32(30,31)28-14-2-1-3-15-28)24(29)26-17-19-6-8-20(9-7-19)18-27-12-4-5-13-27/h6-11,16H,1-5,12-15,17-18H2,(H,26,29). The van der Waals surface area contributed by atoms with Crippen LogP contribution in [-0.2, 0) is 23.1 Å². The number of rotatable bonds is 7. The monoisotopic (exact) mass is 475 g/mol. The summed E-state index contributed by atoms with van der Waals surface area (Å²) in [4.78, 5) is 15.2. The van der Waals surface area contributed by atoms with Crippen molar-refractivity contribution in [3.63, 3.8) is 0 Å². The summed E-state index contributed by atoms with van der Waals surface area (Å²) < 4.78 is 27.5. The predicted octanol–water partition coefficient (Wildman–Crippen LogP) is 4.04. The number of likely N-dealkylation sites (tertiary alicyclic amines) is 1. The summed E-state index contributed by atoms with van der Waals surface area (Å²) in [6, 6.07) is 12.7. The predicted molar refractivity (Wildman–Crippen MR) is 126 cm³/mol. The van der Waals surface area contributed by atoms with Gasteiger partial charge in [-0.2, -0.15) is 4.31 Å². The van der Waals surface area contributed by atoms with Gasteiger partial charge in [0.25, 0.3) is 5.91 Å². The molecule has 0 unspecified atom stereocenters. The Bertz CT molecular complexity index is 1040. The lowest BCUT2D eigenvalue weighted by atomic mass is 10.1. The van der Waals surface area contributed by atoms with Gasteiger partial charge in [0.05, 0.1) is 5.02 Å². The number of nitrogens with one attached hydrogen (secondary N) is 1. The molecule has 2 aromatic carbocycles. The first kappa shape index (κ1) is 23.2. The van der Waals surface area contributed by atoms with Gasteiger partial charge < -0.3 is 5.32 Å². The van der Waals surface area contributed by atoms with Crippen LogP contribution in [0.25, 0.3) is 0 Å². The van der Waals surface area contributed by atoms with Gasteiger partial charge in [0.1, 0.15) is 4.90 Å². The second-order valence-corrected chi connectivity index (χ2v) is 10.9. The van der Waals surface area contributed by atoms with E-state index in [-0.39, 0.29) is 21.4 Å². The molecule has 2 saturated heterocycles. The third-order valence-electron chi connectivity index (χ3n) is 6.21. The third-order valence-corrected chi connectivity index (χ3v) is 8.59. The van der Waals surface area contributed by atoms with Gasteiger partial charge in [0.2, 0.25) is 10.0 Å². The maximum absolute atomic E-state index is 13.0. The number of benzene rings is 2. The number of amides is 1. The van der Waals surface area contributed by atoms with Gasteiger partial charge in [-0.25, -0.2) is 8.42 Å². The van der Waals surface area contributed by atoms with Crippen molar-refractivity contribution in [2.24, 2.45) is 0 Å². The summed E-state index contributed by atoms with van der Waals surface area (Å²) >= 11 is 6.21. The van der Waals surface area contributed by atoms with Gasteiger partial charge in [-0.15, -0.1) is 0 Å². The molecule has 1 amide bonds. The van der Waals surface area contributed by atoms with Crippen molar-refractivity contribution in [2.45, 2.75) is 50.1 Å². The van der Waals surface area contributed by atoms with E-state index in [1.165, 1.54) is 34.8 Å². The van der Waals surface area contributed by atoms with Gasteiger partial charge in [0, 0.05) is 31.7 Å². The van der Waals surface area contributed by atoms with E-state index in [4.69, 9.17) is 11.6 Å². The Labute approximate surface area is 195 Å². The Morgan fingerprint density at radius 3 is 2.19 bits per heavy atom. The Morgan fingerprint density at radius 1 is 0.875 bits per heavy atom. The SMILES string of the molecule is O=C(NCc1ccc(CN2CCCC2)cc1)c1ccc(Cl)c(S(=O)(=O)N2CCCCC2)c1. The molecule has 172 valence electrons. The smallest absolute Gasteiger partial charge is 0.251 e. The highest BCUT2D eigenvalue weighted by molar-refractivity contribution is 7.89. The minimum absolute atomic E-state index is 0.0000164. The Morgan fingerprint density at radius 2 is 1.50 bits per heavy atom. The molecule has 8 heteroatoms. The fourth-order valence-corrected chi connectivity index (χ4v) is 6.35. The van der Waals surface area contributed by atoms with Crippen LogP contribution in [-0.4, -0.2) is 49.7 Å². The van der Waals surface area contributed by atoms with Crippen molar-refractivity contribution >= 4 is 27.5 Å². The van der Waals surface area contributed by atoms with Gasteiger partial charge >= 0.3 is 0 Å². The van der Waals surface area contributed by atoms with Crippen molar-refractivity contribution in [1.29, 1.82) is 0 Å². The summed E-state index contributed by atoms with van der Waals surface area (Å²) in [5.74, 6) is -0.321. The zero-order valence-electron chi connectivity index (χ0n) is 18.2. The van der Waals surface area contributed by atoms with Crippen LogP contribution in [0.2, 0.25) is 5.02 Å².